The highest BCUT2D eigenvalue weighted by molar-refractivity contribution is 5.85. The Kier molecular flexibility index (Phi) is 4.00. The second-order valence-corrected chi connectivity index (χ2v) is 2.35. The summed E-state index contributed by atoms with van der Waals surface area (Å²) in [6, 6.07) is 0.0289. The summed E-state index contributed by atoms with van der Waals surface area (Å²) in [6.07, 6.45) is 3.29. The predicted molar refractivity (Wildman–Crippen MR) is 46.6 cm³/mol. The Balaban J connectivity index is 0.000001000. The highest BCUT2D eigenvalue weighted by atomic mass is 35.5. The Hall–Kier alpha value is -0.670. The summed E-state index contributed by atoms with van der Waals surface area (Å²) in [5, 5.41) is 0. The normalized spacial score (nSPS) is 11.9. The van der Waals surface area contributed by atoms with Crippen LogP contribution in [0.25, 0.3) is 0 Å². The maximum Gasteiger partial charge on any atom is 0.115 e. The summed E-state index contributed by atoms with van der Waals surface area (Å²) in [6.45, 7) is 3.85. The number of nitrogens with two attached hydrogens (primary N) is 1. The molecule has 0 amide bonds. The molecule has 1 aromatic heterocycles. The molecular weight excluding hydrogens is 162 g/mol. The topological polar surface area (TPSA) is 51.8 Å². The molecule has 1 aromatic rings. The van der Waals surface area contributed by atoms with Crippen LogP contribution in [0.3, 0.4) is 0 Å². The predicted octanol–water partition coefficient (Wildman–Crippen LogP) is 1.23. The van der Waals surface area contributed by atoms with Crippen molar-refractivity contribution in [3.63, 3.8) is 0 Å². The van der Waals surface area contributed by atoms with E-state index < -0.39 is 0 Å². The van der Waals surface area contributed by atoms with Gasteiger partial charge in [-0.3, -0.25) is 0 Å². The zero-order valence-electron chi connectivity index (χ0n) is 6.61. The lowest BCUT2D eigenvalue weighted by Gasteiger charge is -2.05. The van der Waals surface area contributed by atoms with Gasteiger partial charge in [0.1, 0.15) is 6.33 Å². The maximum atomic E-state index is 5.63. The number of nitrogens with zero attached hydrogens (tertiary/aromatic N) is 2. The van der Waals surface area contributed by atoms with Crippen LogP contribution in [-0.4, -0.2) is 9.97 Å². The van der Waals surface area contributed by atoms with Crippen molar-refractivity contribution in [2.75, 3.05) is 0 Å². The molecule has 3 nitrogen and oxygen atoms in total. The van der Waals surface area contributed by atoms with E-state index in [-0.39, 0.29) is 18.4 Å². The molecule has 0 aromatic carbocycles. The van der Waals surface area contributed by atoms with Crippen molar-refractivity contribution in [1.82, 2.24) is 9.97 Å². The second kappa shape index (κ2) is 4.26. The van der Waals surface area contributed by atoms with E-state index in [4.69, 9.17) is 5.73 Å². The molecular formula is C7H12ClN3. The Labute approximate surface area is 72.5 Å². The van der Waals surface area contributed by atoms with Crippen LogP contribution in [0.15, 0.2) is 12.5 Å². The van der Waals surface area contributed by atoms with Crippen LogP contribution < -0.4 is 5.73 Å². The monoisotopic (exact) mass is 173 g/mol. The van der Waals surface area contributed by atoms with E-state index in [9.17, 15) is 0 Å². The van der Waals surface area contributed by atoms with Crippen molar-refractivity contribution in [2.24, 2.45) is 5.73 Å². The highest BCUT2D eigenvalue weighted by Gasteiger charge is 2.02. The molecule has 4 heteroatoms. The van der Waals surface area contributed by atoms with Crippen LogP contribution in [0, 0.1) is 6.92 Å². The Morgan fingerprint density at radius 3 is 2.55 bits per heavy atom. The van der Waals surface area contributed by atoms with Gasteiger partial charge >= 0.3 is 0 Å². The molecule has 2 N–H and O–H groups in total. The molecule has 0 bridgehead atoms. The number of aromatic nitrogens is 2. The largest absolute Gasteiger partial charge is 0.324 e. The number of aryl methyl sites for hydroxylation is 1. The van der Waals surface area contributed by atoms with Gasteiger partial charge in [-0.2, -0.15) is 0 Å². The molecule has 1 heterocycles. The second-order valence-electron chi connectivity index (χ2n) is 2.35. The molecule has 0 aliphatic heterocycles. The van der Waals surface area contributed by atoms with Crippen LogP contribution in [0.1, 0.15) is 24.2 Å². The molecule has 1 unspecified atom stereocenters. The number of rotatable bonds is 1. The molecule has 0 aliphatic carbocycles. The van der Waals surface area contributed by atoms with E-state index in [1.54, 1.807) is 6.20 Å². The van der Waals surface area contributed by atoms with Gasteiger partial charge in [0, 0.05) is 23.5 Å². The van der Waals surface area contributed by atoms with E-state index in [1.165, 1.54) is 6.33 Å². The minimum atomic E-state index is 0. The van der Waals surface area contributed by atoms with Crippen molar-refractivity contribution in [2.45, 2.75) is 19.9 Å². The number of hydrogen-bond donors (Lipinski definition) is 1. The molecule has 0 fully saturated rings. The third-order valence-electron chi connectivity index (χ3n) is 1.44. The van der Waals surface area contributed by atoms with Gasteiger partial charge in [-0.05, 0) is 13.8 Å². The highest BCUT2D eigenvalue weighted by Crippen LogP contribution is 2.09. The fourth-order valence-electron chi connectivity index (χ4n) is 0.849. The van der Waals surface area contributed by atoms with Crippen LogP contribution in [0.4, 0.5) is 0 Å². The summed E-state index contributed by atoms with van der Waals surface area (Å²) in [4.78, 5) is 7.88. The SMILES string of the molecule is Cc1ncncc1C(C)N.Cl. The van der Waals surface area contributed by atoms with Gasteiger partial charge in [0.15, 0.2) is 0 Å². The Bertz CT molecular complexity index is 225. The van der Waals surface area contributed by atoms with Gasteiger partial charge < -0.3 is 5.73 Å². The zero-order valence-corrected chi connectivity index (χ0v) is 7.43. The van der Waals surface area contributed by atoms with Gasteiger partial charge in [-0.25, -0.2) is 9.97 Å². The van der Waals surface area contributed by atoms with Crippen molar-refractivity contribution in [3.05, 3.63) is 23.8 Å². The van der Waals surface area contributed by atoms with Gasteiger partial charge in [0.25, 0.3) is 0 Å². The van der Waals surface area contributed by atoms with Crippen molar-refractivity contribution in [3.8, 4) is 0 Å². The first-order valence-corrected chi connectivity index (χ1v) is 3.24. The maximum absolute atomic E-state index is 5.63. The molecule has 0 aliphatic rings. The first-order chi connectivity index (χ1) is 4.72. The third kappa shape index (κ3) is 2.44. The van der Waals surface area contributed by atoms with E-state index in [1.807, 2.05) is 13.8 Å². The van der Waals surface area contributed by atoms with Crippen molar-refractivity contribution < 1.29 is 0 Å². The van der Waals surface area contributed by atoms with Gasteiger partial charge in [-0.1, -0.05) is 0 Å². The van der Waals surface area contributed by atoms with Crippen LogP contribution >= 0.6 is 12.4 Å². The molecule has 0 saturated heterocycles. The molecule has 62 valence electrons. The lowest BCUT2D eigenvalue weighted by Crippen LogP contribution is -2.08. The number of halogens is 1. The third-order valence-corrected chi connectivity index (χ3v) is 1.44. The molecule has 0 saturated carbocycles. The fourth-order valence-corrected chi connectivity index (χ4v) is 0.849. The van der Waals surface area contributed by atoms with Crippen LogP contribution in [0.2, 0.25) is 0 Å². The molecule has 0 spiro atoms. The average Bonchev–Trinajstić information content (AvgIpc) is 1.88. The Morgan fingerprint density at radius 1 is 1.55 bits per heavy atom. The van der Waals surface area contributed by atoms with Crippen molar-refractivity contribution >= 4 is 12.4 Å². The summed E-state index contributed by atoms with van der Waals surface area (Å²) < 4.78 is 0. The van der Waals surface area contributed by atoms with Crippen molar-refractivity contribution in [1.29, 1.82) is 0 Å². The number of hydrogen-bond acceptors (Lipinski definition) is 3. The minimum absolute atomic E-state index is 0. The Morgan fingerprint density at radius 2 is 2.18 bits per heavy atom. The lowest BCUT2D eigenvalue weighted by molar-refractivity contribution is 0.789. The van der Waals surface area contributed by atoms with Gasteiger partial charge in [0.05, 0.1) is 0 Å². The average molecular weight is 174 g/mol. The zero-order chi connectivity index (χ0) is 7.56. The summed E-state index contributed by atoms with van der Waals surface area (Å²) in [5.41, 5.74) is 7.61. The molecule has 0 radical (unpaired) electrons. The molecule has 11 heavy (non-hydrogen) atoms. The van der Waals surface area contributed by atoms with Crippen LogP contribution in [0.5, 0.6) is 0 Å². The van der Waals surface area contributed by atoms with Gasteiger partial charge in [-0.15, -0.1) is 12.4 Å². The molecule has 1 rings (SSSR count). The van der Waals surface area contributed by atoms with E-state index >= 15 is 0 Å². The van der Waals surface area contributed by atoms with E-state index in [0.29, 0.717) is 0 Å². The minimum Gasteiger partial charge on any atom is -0.324 e. The standard InChI is InChI=1S/C7H11N3.ClH/c1-5(8)7-3-9-4-10-6(7)2;/h3-5H,8H2,1-2H3;1H. The fraction of sp³-hybridized carbons (Fsp3) is 0.429. The first-order valence-electron chi connectivity index (χ1n) is 3.24. The van der Waals surface area contributed by atoms with Crippen LogP contribution in [-0.2, 0) is 0 Å². The molecule has 1 atom stereocenters. The van der Waals surface area contributed by atoms with Gasteiger partial charge in [0.2, 0.25) is 0 Å². The van der Waals surface area contributed by atoms with E-state index in [0.717, 1.165) is 11.3 Å². The first kappa shape index (κ1) is 10.3. The quantitative estimate of drug-likeness (QED) is 0.695. The summed E-state index contributed by atoms with van der Waals surface area (Å²) in [5.74, 6) is 0. The smallest absolute Gasteiger partial charge is 0.115 e. The summed E-state index contributed by atoms with van der Waals surface area (Å²) >= 11 is 0. The van der Waals surface area contributed by atoms with E-state index in [2.05, 4.69) is 9.97 Å². The summed E-state index contributed by atoms with van der Waals surface area (Å²) in [7, 11) is 0. The lowest BCUT2D eigenvalue weighted by atomic mass is 10.1.